The summed E-state index contributed by atoms with van der Waals surface area (Å²) in [7, 11) is 0.970. The highest BCUT2D eigenvalue weighted by atomic mass is 31.2. The molecule has 33 heavy (non-hydrogen) atoms. The molecule has 0 aromatic rings. The van der Waals surface area contributed by atoms with E-state index in [1.165, 1.54) is 64.2 Å². The van der Waals surface area contributed by atoms with Gasteiger partial charge in [-0.25, -0.2) is 0 Å². The normalized spacial score (nSPS) is 15.0. The summed E-state index contributed by atoms with van der Waals surface area (Å²) in [5, 5.41) is 8.64. The van der Waals surface area contributed by atoms with Crippen LogP contribution >= 0.6 is 7.60 Å². The number of rotatable bonds is 22. The maximum atomic E-state index is 11.8. The van der Waals surface area contributed by atoms with Crippen molar-refractivity contribution < 1.29 is 23.9 Å². The van der Waals surface area contributed by atoms with Crippen LogP contribution in [0.2, 0.25) is 0 Å². The van der Waals surface area contributed by atoms with E-state index in [0.29, 0.717) is 10.9 Å². The zero-order valence-electron chi connectivity index (χ0n) is 22.2. The van der Waals surface area contributed by atoms with Crippen molar-refractivity contribution in [2.75, 3.05) is 27.7 Å². The van der Waals surface area contributed by atoms with E-state index in [0.717, 1.165) is 32.1 Å². The van der Waals surface area contributed by atoms with Gasteiger partial charge < -0.3 is 19.4 Å². The summed E-state index contributed by atoms with van der Waals surface area (Å²) >= 11 is 0. The van der Waals surface area contributed by atoms with Gasteiger partial charge in [-0.3, -0.25) is 4.57 Å². The molecule has 6 heteroatoms. The molecule has 0 heterocycles. The van der Waals surface area contributed by atoms with E-state index in [4.69, 9.17) is 0 Å². The second kappa shape index (κ2) is 18.8. The monoisotopic (exact) mass is 488 g/mol. The van der Waals surface area contributed by atoms with Crippen LogP contribution in [0.1, 0.15) is 116 Å². The third-order valence-electron chi connectivity index (χ3n) is 6.03. The number of allylic oxidation sites excluding steroid dienone is 4. The van der Waals surface area contributed by atoms with E-state index < -0.39 is 12.9 Å². The summed E-state index contributed by atoms with van der Waals surface area (Å²) in [4.78, 5) is 19.2. The molecule has 0 amide bonds. The van der Waals surface area contributed by atoms with Crippen molar-refractivity contribution in [3.05, 3.63) is 24.3 Å². The van der Waals surface area contributed by atoms with Gasteiger partial charge in [-0.1, -0.05) is 89.0 Å². The van der Waals surface area contributed by atoms with Crippen molar-refractivity contribution in [3.8, 4) is 0 Å². The maximum absolute atomic E-state index is 11.8. The first-order valence-corrected chi connectivity index (χ1v) is 15.0. The van der Waals surface area contributed by atoms with Gasteiger partial charge in [0.15, 0.2) is 0 Å². The molecule has 1 atom stereocenters. The molecule has 0 bridgehead atoms. The van der Waals surface area contributed by atoms with Crippen LogP contribution in [0, 0.1) is 0 Å². The lowest BCUT2D eigenvalue weighted by molar-refractivity contribution is -0.875. The first kappa shape index (κ1) is 32.5. The molecule has 0 aliphatic carbocycles. The van der Waals surface area contributed by atoms with E-state index in [1.54, 1.807) is 0 Å². The first-order chi connectivity index (χ1) is 15.5. The Hall–Kier alpha value is -0.450. The second-order valence-electron chi connectivity index (χ2n) is 10.7. The first-order valence-electron chi connectivity index (χ1n) is 13.4. The highest BCUT2D eigenvalue weighted by molar-refractivity contribution is 7.53. The molecule has 0 aliphatic heterocycles. The fourth-order valence-corrected chi connectivity index (χ4v) is 5.22. The Morgan fingerprint density at radius 3 is 1.48 bits per heavy atom. The highest BCUT2D eigenvalue weighted by Crippen LogP contribution is 2.52. The van der Waals surface area contributed by atoms with Crippen molar-refractivity contribution in [2.45, 2.75) is 121 Å². The summed E-state index contributed by atoms with van der Waals surface area (Å²) in [6.07, 6.45) is 28.3. The minimum Gasteiger partial charge on any atom is -0.373 e. The maximum Gasteiger partial charge on any atom is 0.362 e. The van der Waals surface area contributed by atoms with Gasteiger partial charge in [0, 0.05) is 0 Å². The number of aliphatic hydroxyl groups is 1. The summed E-state index contributed by atoms with van der Waals surface area (Å²) in [5.41, 5.74) is 0. The predicted octanol–water partition coefficient (Wildman–Crippen LogP) is 7.32. The largest absolute Gasteiger partial charge is 0.373 e. The Kier molecular flexibility index (Phi) is 18.6. The molecule has 0 spiro atoms. The number of likely N-dealkylation sites (N-methyl/N-ethyl adjacent to an activating group) is 1. The van der Waals surface area contributed by atoms with Gasteiger partial charge in [0.1, 0.15) is 6.54 Å². The van der Waals surface area contributed by atoms with Crippen LogP contribution in [0.3, 0.4) is 0 Å². The summed E-state index contributed by atoms with van der Waals surface area (Å²) in [6, 6.07) is 0. The molecule has 196 valence electrons. The quantitative estimate of drug-likeness (QED) is 0.0645. The van der Waals surface area contributed by atoms with Crippen LogP contribution < -0.4 is 0 Å². The minimum atomic E-state index is -4.55. The second-order valence-corrected chi connectivity index (χ2v) is 12.6. The van der Waals surface area contributed by atoms with Crippen LogP contribution in [-0.4, -0.2) is 52.4 Å². The number of hydrogen-bond acceptors (Lipinski definition) is 2. The smallest absolute Gasteiger partial charge is 0.362 e. The SMILES string of the molecule is CCCCC/C=C\CC/C=C\CCCCCCCCCCCC(O)(C[N+](C)(C)C)P(=O)(O)O. The Labute approximate surface area is 205 Å². The van der Waals surface area contributed by atoms with Crippen LogP contribution in [0.25, 0.3) is 0 Å². The third-order valence-corrected chi connectivity index (χ3v) is 7.47. The van der Waals surface area contributed by atoms with Crippen molar-refractivity contribution in [1.82, 2.24) is 0 Å². The van der Waals surface area contributed by atoms with Gasteiger partial charge in [0.05, 0.1) is 21.1 Å². The average Bonchev–Trinajstić information content (AvgIpc) is 2.70. The Morgan fingerprint density at radius 2 is 1.06 bits per heavy atom. The summed E-state index contributed by atoms with van der Waals surface area (Å²) in [6.45, 7) is 2.30. The standard InChI is InChI=1S/C27H54NO4P/c1-5-6-7-8-9-10-11-12-13-14-15-16-17-18-19-20-21-22-23-24-25-27(29,33(30,31)32)26-28(2,3)4/h9-10,13-14,29H,5-8,11-12,15-26H2,1-4H3,(H-,30,31,32)/p+1/b10-9-,14-13-. The number of hydrogen-bond donors (Lipinski definition) is 3. The number of quaternary nitrogens is 1. The highest BCUT2D eigenvalue weighted by Gasteiger charge is 2.48. The van der Waals surface area contributed by atoms with Crippen LogP contribution in [0.4, 0.5) is 0 Å². The molecule has 0 fully saturated rings. The fourth-order valence-electron chi connectivity index (χ4n) is 4.16. The molecular formula is C27H55NO4P+. The molecule has 0 saturated carbocycles. The lowest BCUT2D eigenvalue weighted by atomic mass is 10.0. The topological polar surface area (TPSA) is 77.8 Å². The number of unbranched alkanes of at least 4 members (excludes halogenated alkanes) is 13. The van der Waals surface area contributed by atoms with Crippen molar-refractivity contribution in [2.24, 2.45) is 0 Å². The Balaban J connectivity index is 3.61. The minimum absolute atomic E-state index is 0.0582. The zero-order chi connectivity index (χ0) is 25.1. The average molecular weight is 489 g/mol. The van der Waals surface area contributed by atoms with E-state index in [1.807, 2.05) is 21.1 Å². The Morgan fingerprint density at radius 1 is 0.667 bits per heavy atom. The van der Waals surface area contributed by atoms with E-state index in [-0.39, 0.29) is 13.0 Å². The molecule has 0 saturated heterocycles. The van der Waals surface area contributed by atoms with Gasteiger partial charge >= 0.3 is 7.60 Å². The molecule has 0 aliphatic rings. The third kappa shape index (κ3) is 19.5. The molecule has 0 aromatic heterocycles. The van der Waals surface area contributed by atoms with Gasteiger partial charge in [-0.05, 0) is 51.4 Å². The van der Waals surface area contributed by atoms with Crippen molar-refractivity contribution in [1.29, 1.82) is 0 Å². The van der Waals surface area contributed by atoms with Crippen LogP contribution in [0.15, 0.2) is 24.3 Å². The van der Waals surface area contributed by atoms with Crippen molar-refractivity contribution >= 4 is 7.60 Å². The van der Waals surface area contributed by atoms with Gasteiger partial charge in [-0.2, -0.15) is 0 Å². The lowest BCUT2D eigenvalue weighted by Gasteiger charge is -2.35. The summed E-state index contributed by atoms with van der Waals surface area (Å²) < 4.78 is 12.1. The lowest BCUT2D eigenvalue weighted by Crippen LogP contribution is -2.49. The zero-order valence-corrected chi connectivity index (χ0v) is 23.1. The van der Waals surface area contributed by atoms with Gasteiger partial charge in [0.25, 0.3) is 0 Å². The number of nitrogens with zero attached hydrogens (tertiary/aromatic N) is 1. The molecule has 3 N–H and O–H groups in total. The van der Waals surface area contributed by atoms with Gasteiger partial charge in [-0.15, -0.1) is 0 Å². The molecule has 1 unspecified atom stereocenters. The van der Waals surface area contributed by atoms with Gasteiger partial charge in [0.2, 0.25) is 5.34 Å². The Bertz CT molecular complexity index is 565. The fraction of sp³-hybridized carbons (Fsp3) is 0.852. The molecule has 5 nitrogen and oxygen atoms in total. The molecule has 0 radical (unpaired) electrons. The summed E-state index contributed by atoms with van der Waals surface area (Å²) in [5.74, 6) is 0. The van der Waals surface area contributed by atoms with E-state index in [2.05, 4.69) is 31.2 Å². The molecule has 0 rings (SSSR count). The van der Waals surface area contributed by atoms with E-state index in [9.17, 15) is 19.5 Å². The van der Waals surface area contributed by atoms with E-state index >= 15 is 0 Å². The van der Waals surface area contributed by atoms with Crippen LogP contribution in [0.5, 0.6) is 0 Å². The molecular weight excluding hydrogens is 433 g/mol. The molecule has 0 aromatic carbocycles. The van der Waals surface area contributed by atoms with Crippen LogP contribution in [-0.2, 0) is 4.57 Å². The predicted molar refractivity (Wildman–Crippen MR) is 142 cm³/mol. The van der Waals surface area contributed by atoms with Crippen molar-refractivity contribution in [3.63, 3.8) is 0 Å².